The molecule has 1 saturated heterocycles. The number of aliphatic carboxylic acids is 1. The first kappa shape index (κ1) is 28.1. The largest absolute Gasteiger partial charge is 0.490 e. The van der Waals surface area contributed by atoms with Crippen LogP contribution < -0.4 is 5.32 Å². The van der Waals surface area contributed by atoms with E-state index in [4.69, 9.17) is 9.90 Å². The molecule has 192 valence electrons. The summed E-state index contributed by atoms with van der Waals surface area (Å²) in [4.78, 5) is 23.9. The van der Waals surface area contributed by atoms with Crippen LogP contribution in [0.4, 0.5) is 13.2 Å². The highest BCUT2D eigenvalue weighted by atomic mass is 32.2. The second-order valence-corrected chi connectivity index (χ2v) is 10.3. The van der Waals surface area contributed by atoms with Crippen molar-refractivity contribution in [3.63, 3.8) is 0 Å². The van der Waals surface area contributed by atoms with Crippen LogP contribution in [-0.2, 0) is 19.6 Å². The summed E-state index contributed by atoms with van der Waals surface area (Å²) in [5.74, 6) is -2.84. The van der Waals surface area contributed by atoms with Crippen LogP contribution in [0.3, 0.4) is 0 Å². The number of hydrogen-bond donors (Lipinski definition) is 2. The van der Waals surface area contributed by atoms with Gasteiger partial charge in [0.05, 0.1) is 11.4 Å². The Hall–Kier alpha value is -2.18. The Kier molecular flexibility index (Phi) is 10.3. The molecule has 0 atom stereocenters. The van der Waals surface area contributed by atoms with E-state index in [-0.39, 0.29) is 18.5 Å². The van der Waals surface area contributed by atoms with E-state index in [9.17, 15) is 26.4 Å². The van der Waals surface area contributed by atoms with E-state index in [1.165, 1.54) is 4.31 Å². The van der Waals surface area contributed by atoms with E-state index in [0.29, 0.717) is 18.0 Å². The maximum absolute atomic E-state index is 13.5. The highest BCUT2D eigenvalue weighted by Gasteiger charge is 2.38. The van der Waals surface area contributed by atoms with Crippen LogP contribution >= 0.6 is 0 Å². The van der Waals surface area contributed by atoms with Crippen LogP contribution in [0.25, 0.3) is 0 Å². The number of aryl methyl sites for hydroxylation is 1. The Bertz CT molecular complexity index is 926. The van der Waals surface area contributed by atoms with Crippen molar-refractivity contribution >= 4 is 21.9 Å². The van der Waals surface area contributed by atoms with Gasteiger partial charge in [-0.15, -0.1) is 0 Å². The molecule has 1 aliphatic carbocycles. The standard InChI is InChI=1S/C20H31N3O3S.C2HF3O2/c1-17-8-6-7-11-19(17)27(25,26)23(18-9-4-2-3-5-10-18)16-20(24)22-14-12-21-13-15-22;3-2(4,5)1(6)7/h6-8,11,18,21H,2-5,9-10,12-16H2,1H3;(H,6,7). The van der Waals surface area contributed by atoms with Gasteiger partial charge in [0.25, 0.3) is 0 Å². The third-order valence-corrected chi connectivity index (χ3v) is 7.97. The molecule has 1 amide bonds. The minimum absolute atomic E-state index is 0.0542. The van der Waals surface area contributed by atoms with Gasteiger partial charge < -0.3 is 15.3 Å². The molecule has 0 unspecified atom stereocenters. The van der Waals surface area contributed by atoms with E-state index < -0.39 is 22.2 Å². The molecular formula is C22H32F3N3O5S. The Morgan fingerprint density at radius 1 is 1.09 bits per heavy atom. The highest BCUT2D eigenvalue weighted by molar-refractivity contribution is 7.89. The molecule has 12 heteroatoms. The van der Waals surface area contributed by atoms with E-state index in [1.807, 2.05) is 19.1 Å². The topological polar surface area (TPSA) is 107 Å². The number of carboxylic acids is 1. The number of sulfonamides is 1. The lowest BCUT2D eigenvalue weighted by Crippen LogP contribution is -2.52. The molecule has 1 saturated carbocycles. The number of carbonyl (C=O) groups is 2. The van der Waals surface area contributed by atoms with E-state index in [1.54, 1.807) is 17.0 Å². The van der Waals surface area contributed by atoms with Gasteiger partial charge in [0.15, 0.2) is 0 Å². The van der Waals surface area contributed by atoms with Gasteiger partial charge in [0.1, 0.15) is 0 Å². The van der Waals surface area contributed by atoms with Gasteiger partial charge in [-0.1, -0.05) is 43.9 Å². The average Bonchev–Trinajstić information content (AvgIpc) is 3.07. The number of rotatable bonds is 5. The van der Waals surface area contributed by atoms with E-state index in [0.717, 1.165) is 57.2 Å². The number of nitrogens with zero attached hydrogens (tertiary/aromatic N) is 2. The molecule has 0 aromatic heterocycles. The zero-order valence-corrected chi connectivity index (χ0v) is 20.0. The number of halogens is 3. The van der Waals surface area contributed by atoms with Crippen molar-refractivity contribution in [3.05, 3.63) is 29.8 Å². The summed E-state index contributed by atoms with van der Waals surface area (Å²) < 4.78 is 60.3. The highest BCUT2D eigenvalue weighted by Crippen LogP contribution is 2.28. The maximum atomic E-state index is 13.5. The van der Waals surface area contributed by atoms with Crippen molar-refractivity contribution in [1.29, 1.82) is 0 Å². The van der Waals surface area contributed by atoms with Crippen LogP contribution in [0.1, 0.15) is 44.1 Å². The molecule has 2 fully saturated rings. The number of alkyl halides is 3. The zero-order chi connectivity index (χ0) is 25.4. The molecular weight excluding hydrogens is 475 g/mol. The smallest absolute Gasteiger partial charge is 0.475 e. The summed E-state index contributed by atoms with van der Waals surface area (Å²) in [6.07, 6.45) is 0.902. The normalized spacial score (nSPS) is 18.1. The van der Waals surface area contributed by atoms with Gasteiger partial charge in [-0.05, 0) is 31.4 Å². The third kappa shape index (κ3) is 7.95. The predicted octanol–water partition coefficient (Wildman–Crippen LogP) is 2.77. The van der Waals surface area contributed by atoms with Crippen LogP contribution in [-0.4, -0.2) is 79.5 Å². The van der Waals surface area contributed by atoms with Crippen molar-refractivity contribution in [2.75, 3.05) is 32.7 Å². The molecule has 34 heavy (non-hydrogen) atoms. The SMILES string of the molecule is Cc1ccccc1S(=O)(=O)N(CC(=O)N1CCNCC1)C1CCCCCC1.O=C(O)C(F)(F)F. The average molecular weight is 508 g/mol. The summed E-state index contributed by atoms with van der Waals surface area (Å²) in [6.45, 7) is 4.57. The predicted molar refractivity (Wildman–Crippen MR) is 120 cm³/mol. The summed E-state index contributed by atoms with van der Waals surface area (Å²) in [6, 6.07) is 6.98. The number of carbonyl (C=O) groups excluding carboxylic acids is 1. The van der Waals surface area contributed by atoms with Gasteiger partial charge >= 0.3 is 12.1 Å². The number of piperazine rings is 1. The summed E-state index contributed by atoms with van der Waals surface area (Å²) in [5.41, 5.74) is 0.728. The summed E-state index contributed by atoms with van der Waals surface area (Å²) in [7, 11) is -3.71. The number of benzene rings is 1. The van der Waals surface area contributed by atoms with Gasteiger partial charge in [-0.25, -0.2) is 13.2 Å². The Balaban J connectivity index is 0.000000509. The fourth-order valence-corrected chi connectivity index (χ4v) is 5.94. The van der Waals surface area contributed by atoms with Crippen LogP contribution in [0.2, 0.25) is 0 Å². The molecule has 2 N–H and O–H groups in total. The van der Waals surface area contributed by atoms with Crippen molar-refractivity contribution in [1.82, 2.24) is 14.5 Å². The number of amides is 1. The van der Waals surface area contributed by atoms with Crippen LogP contribution in [0.15, 0.2) is 29.2 Å². The summed E-state index contributed by atoms with van der Waals surface area (Å²) >= 11 is 0. The quantitative estimate of drug-likeness (QED) is 0.594. The van der Waals surface area contributed by atoms with Crippen molar-refractivity contribution in [2.45, 2.75) is 62.6 Å². The van der Waals surface area contributed by atoms with Crippen LogP contribution in [0, 0.1) is 6.92 Å². The molecule has 0 bridgehead atoms. The van der Waals surface area contributed by atoms with E-state index in [2.05, 4.69) is 5.32 Å². The molecule has 8 nitrogen and oxygen atoms in total. The minimum Gasteiger partial charge on any atom is -0.475 e. The Morgan fingerprint density at radius 2 is 1.62 bits per heavy atom. The van der Waals surface area contributed by atoms with E-state index >= 15 is 0 Å². The summed E-state index contributed by atoms with van der Waals surface area (Å²) in [5, 5.41) is 10.4. The molecule has 1 heterocycles. The maximum Gasteiger partial charge on any atom is 0.490 e. The first-order chi connectivity index (χ1) is 15.9. The van der Waals surface area contributed by atoms with Crippen molar-refractivity contribution in [2.24, 2.45) is 0 Å². The first-order valence-corrected chi connectivity index (χ1v) is 12.7. The lowest BCUT2D eigenvalue weighted by atomic mass is 10.1. The lowest BCUT2D eigenvalue weighted by molar-refractivity contribution is -0.192. The molecule has 1 aromatic carbocycles. The number of carboxylic acid groups (broad SMARTS) is 1. The van der Waals surface area contributed by atoms with Crippen molar-refractivity contribution in [3.8, 4) is 0 Å². The fourth-order valence-electron chi connectivity index (χ4n) is 4.08. The number of nitrogens with one attached hydrogen (secondary N) is 1. The van der Waals surface area contributed by atoms with Gasteiger partial charge in [-0.3, -0.25) is 4.79 Å². The lowest BCUT2D eigenvalue weighted by Gasteiger charge is -2.34. The molecule has 1 aromatic rings. The zero-order valence-electron chi connectivity index (χ0n) is 19.2. The number of hydrogen-bond acceptors (Lipinski definition) is 5. The molecule has 0 spiro atoms. The van der Waals surface area contributed by atoms with Crippen LogP contribution in [0.5, 0.6) is 0 Å². The molecule has 1 aliphatic heterocycles. The molecule has 0 radical (unpaired) electrons. The van der Waals surface area contributed by atoms with Crippen molar-refractivity contribution < 1.29 is 36.3 Å². The second kappa shape index (κ2) is 12.5. The second-order valence-electron chi connectivity index (χ2n) is 8.39. The Labute approximate surface area is 198 Å². The Morgan fingerprint density at radius 3 is 2.12 bits per heavy atom. The van der Waals surface area contributed by atoms with Gasteiger partial charge in [0.2, 0.25) is 15.9 Å². The van der Waals surface area contributed by atoms with Gasteiger partial charge in [-0.2, -0.15) is 17.5 Å². The molecule has 2 aliphatic rings. The first-order valence-electron chi connectivity index (χ1n) is 11.3. The van der Waals surface area contributed by atoms with Gasteiger partial charge in [0, 0.05) is 32.2 Å². The monoisotopic (exact) mass is 507 g/mol. The third-order valence-electron chi connectivity index (χ3n) is 5.92. The fraction of sp³-hybridized carbons (Fsp3) is 0.636. The molecule has 3 rings (SSSR count). The minimum atomic E-state index is -5.08.